The van der Waals surface area contributed by atoms with Crippen LogP contribution < -0.4 is 14.8 Å². The second-order valence-electron chi connectivity index (χ2n) is 4.87. The maximum atomic E-state index is 13.6. The van der Waals surface area contributed by atoms with Crippen molar-refractivity contribution in [1.82, 2.24) is 0 Å². The molecule has 2 aromatic rings. The zero-order valence-corrected chi connectivity index (χ0v) is 13.1. The van der Waals surface area contributed by atoms with Crippen LogP contribution >= 0.6 is 0 Å². The largest absolute Gasteiger partial charge is 0.497 e. The molecule has 25 heavy (non-hydrogen) atoms. The van der Waals surface area contributed by atoms with Gasteiger partial charge >= 0.3 is 0 Å². The number of amides is 1. The first-order chi connectivity index (χ1) is 11.8. The molecule has 2 rings (SSSR count). The van der Waals surface area contributed by atoms with Gasteiger partial charge in [0, 0.05) is 29.4 Å². The molecule has 1 amide bonds. The molecule has 0 saturated carbocycles. The van der Waals surface area contributed by atoms with Crippen molar-refractivity contribution in [2.45, 2.75) is 6.42 Å². The predicted molar refractivity (Wildman–Crippen MR) is 78.1 cm³/mol. The number of carbonyl (C=O) groups is 1. The molecular formula is C16H12F5NO3. The number of anilines is 1. The maximum absolute atomic E-state index is 13.6. The number of hydrogen-bond donors (Lipinski definition) is 1. The Kier molecular flexibility index (Phi) is 5.45. The van der Waals surface area contributed by atoms with Crippen LogP contribution in [0.3, 0.4) is 0 Å². The van der Waals surface area contributed by atoms with Gasteiger partial charge in [-0.3, -0.25) is 4.79 Å². The van der Waals surface area contributed by atoms with Crippen LogP contribution in [0.25, 0.3) is 0 Å². The molecule has 0 saturated heterocycles. The van der Waals surface area contributed by atoms with Crippen LogP contribution in [0, 0.1) is 29.1 Å². The van der Waals surface area contributed by atoms with Gasteiger partial charge in [0.05, 0.1) is 20.6 Å². The van der Waals surface area contributed by atoms with Gasteiger partial charge in [0.25, 0.3) is 0 Å². The topological polar surface area (TPSA) is 47.6 Å². The quantitative estimate of drug-likeness (QED) is 0.503. The lowest BCUT2D eigenvalue weighted by Crippen LogP contribution is -2.18. The number of carbonyl (C=O) groups excluding carboxylic acids is 1. The molecule has 0 fully saturated rings. The Hall–Kier alpha value is -2.84. The van der Waals surface area contributed by atoms with Crippen molar-refractivity contribution in [3.63, 3.8) is 0 Å². The number of nitrogens with one attached hydrogen (secondary N) is 1. The lowest BCUT2D eigenvalue weighted by atomic mass is 10.1. The molecule has 0 aromatic heterocycles. The highest BCUT2D eigenvalue weighted by Crippen LogP contribution is 2.27. The molecule has 0 bridgehead atoms. The van der Waals surface area contributed by atoms with Gasteiger partial charge in [-0.1, -0.05) is 0 Å². The van der Waals surface area contributed by atoms with Gasteiger partial charge in [-0.25, -0.2) is 22.0 Å². The van der Waals surface area contributed by atoms with Crippen molar-refractivity contribution in [3.05, 3.63) is 52.8 Å². The van der Waals surface area contributed by atoms with E-state index >= 15 is 0 Å². The summed E-state index contributed by atoms with van der Waals surface area (Å²) in [4.78, 5) is 11.9. The van der Waals surface area contributed by atoms with Crippen molar-refractivity contribution in [1.29, 1.82) is 0 Å². The third kappa shape index (κ3) is 3.81. The van der Waals surface area contributed by atoms with Gasteiger partial charge in [-0.15, -0.1) is 0 Å². The maximum Gasteiger partial charge on any atom is 0.229 e. The smallest absolute Gasteiger partial charge is 0.229 e. The van der Waals surface area contributed by atoms with Crippen molar-refractivity contribution >= 4 is 11.6 Å². The van der Waals surface area contributed by atoms with Crippen molar-refractivity contribution < 1.29 is 36.2 Å². The molecule has 0 aliphatic carbocycles. The SMILES string of the molecule is COc1cc(NC(=O)Cc2c(F)c(F)c(F)c(F)c2F)cc(OC)c1. The molecule has 0 aliphatic heterocycles. The second-order valence-corrected chi connectivity index (χ2v) is 4.87. The van der Waals surface area contributed by atoms with E-state index in [0.29, 0.717) is 11.5 Å². The van der Waals surface area contributed by atoms with Crippen LogP contribution in [0.4, 0.5) is 27.6 Å². The van der Waals surface area contributed by atoms with Crippen molar-refractivity contribution in [2.75, 3.05) is 19.5 Å². The summed E-state index contributed by atoms with van der Waals surface area (Å²) in [7, 11) is 2.74. The van der Waals surface area contributed by atoms with E-state index in [0.717, 1.165) is 0 Å². The summed E-state index contributed by atoms with van der Waals surface area (Å²) in [5.74, 6) is -10.9. The molecule has 0 unspecified atom stereocenters. The summed E-state index contributed by atoms with van der Waals surface area (Å²) in [6, 6.07) is 4.29. The Morgan fingerprint density at radius 2 is 1.28 bits per heavy atom. The number of rotatable bonds is 5. The van der Waals surface area contributed by atoms with Crippen LogP contribution in [0.5, 0.6) is 11.5 Å². The van der Waals surface area contributed by atoms with Gasteiger partial charge in [0.15, 0.2) is 23.3 Å². The number of halogens is 5. The Labute approximate surface area is 139 Å². The number of ether oxygens (including phenoxy) is 2. The molecule has 0 aliphatic rings. The standard InChI is InChI=1S/C16H12F5NO3/c1-24-8-3-7(4-9(5-8)25-2)22-11(23)6-10-12(17)14(19)16(21)15(20)13(10)18/h3-5H,6H2,1-2H3,(H,22,23). The molecule has 0 atom stereocenters. The fourth-order valence-electron chi connectivity index (χ4n) is 2.05. The summed E-state index contributed by atoms with van der Waals surface area (Å²) in [5.41, 5.74) is -1.06. The average Bonchev–Trinajstić information content (AvgIpc) is 2.61. The van der Waals surface area contributed by atoms with E-state index in [1.165, 1.54) is 32.4 Å². The lowest BCUT2D eigenvalue weighted by molar-refractivity contribution is -0.115. The van der Waals surface area contributed by atoms with Crippen LogP contribution in [0.2, 0.25) is 0 Å². The lowest BCUT2D eigenvalue weighted by Gasteiger charge is -2.11. The first-order valence-electron chi connectivity index (χ1n) is 6.81. The van der Waals surface area contributed by atoms with Crippen molar-refractivity contribution in [2.24, 2.45) is 0 Å². The summed E-state index contributed by atoms with van der Waals surface area (Å²) < 4.78 is 76.5. The van der Waals surface area contributed by atoms with E-state index in [2.05, 4.69) is 5.32 Å². The fourth-order valence-corrected chi connectivity index (χ4v) is 2.05. The third-order valence-corrected chi connectivity index (χ3v) is 3.27. The average molecular weight is 361 g/mol. The molecule has 0 heterocycles. The van der Waals surface area contributed by atoms with Crippen LogP contribution in [0.1, 0.15) is 5.56 Å². The minimum absolute atomic E-state index is 0.157. The molecule has 0 radical (unpaired) electrons. The van der Waals surface area contributed by atoms with E-state index < -0.39 is 47.0 Å². The first kappa shape index (κ1) is 18.5. The predicted octanol–water partition coefficient (Wildman–Crippen LogP) is 3.58. The van der Waals surface area contributed by atoms with E-state index in [1.807, 2.05) is 0 Å². The minimum atomic E-state index is -2.28. The minimum Gasteiger partial charge on any atom is -0.497 e. The van der Waals surface area contributed by atoms with Crippen molar-refractivity contribution in [3.8, 4) is 11.5 Å². The molecule has 134 valence electrons. The van der Waals surface area contributed by atoms with Gasteiger partial charge in [0.1, 0.15) is 11.5 Å². The van der Waals surface area contributed by atoms with Gasteiger partial charge in [-0.2, -0.15) is 0 Å². The monoisotopic (exact) mass is 361 g/mol. The Morgan fingerprint density at radius 3 is 1.72 bits per heavy atom. The molecule has 2 aromatic carbocycles. The summed E-state index contributed by atoms with van der Waals surface area (Å²) >= 11 is 0. The number of benzene rings is 2. The van der Waals surface area contributed by atoms with Crippen LogP contribution in [-0.4, -0.2) is 20.1 Å². The summed E-state index contributed by atoms with van der Waals surface area (Å²) in [6.07, 6.45) is -1.05. The summed E-state index contributed by atoms with van der Waals surface area (Å²) in [5, 5.41) is 2.28. The van der Waals surface area contributed by atoms with Crippen LogP contribution in [0.15, 0.2) is 18.2 Å². The van der Waals surface area contributed by atoms with E-state index in [1.54, 1.807) is 0 Å². The highest BCUT2D eigenvalue weighted by molar-refractivity contribution is 5.92. The zero-order chi connectivity index (χ0) is 18.7. The Morgan fingerprint density at radius 1 is 0.840 bits per heavy atom. The normalized spacial score (nSPS) is 10.5. The number of hydrogen-bond acceptors (Lipinski definition) is 3. The van der Waals surface area contributed by atoms with E-state index in [9.17, 15) is 26.7 Å². The van der Waals surface area contributed by atoms with Gasteiger partial charge in [-0.05, 0) is 0 Å². The summed E-state index contributed by atoms with van der Waals surface area (Å²) in [6.45, 7) is 0. The molecular weight excluding hydrogens is 349 g/mol. The second kappa shape index (κ2) is 7.37. The molecule has 4 nitrogen and oxygen atoms in total. The van der Waals surface area contributed by atoms with E-state index in [-0.39, 0.29) is 5.69 Å². The zero-order valence-electron chi connectivity index (χ0n) is 13.1. The van der Waals surface area contributed by atoms with E-state index in [4.69, 9.17) is 9.47 Å². The fraction of sp³-hybridized carbons (Fsp3) is 0.188. The highest BCUT2D eigenvalue weighted by Gasteiger charge is 2.26. The van der Waals surface area contributed by atoms with Gasteiger partial charge in [0.2, 0.25) is 11.7 Å². The first-order valence-corrected chi connectivity index (χ1v) is 6.81. The Balaban J connectivity index is 2.27. The number of methoxy groups -OCH3 is 2. The highest BCUT2D eigenvalue weighted by atomic mass is 19.2. The van der Waals surface area contributed by atoms with Crippen LogP contribution in [-0.2, 0) is 11.2 Å². The molecule has 1 N–H and O–H groups in total. The van der Waals surface area contributed by atoms with Gasteiger partial charge < -0.3 is 14.8 Å². The third-order valence-electron chi connectivity index (χ3n) is 3.27. The molecule has 9 heteroatoms. The Bertz CT molecular complexity index is 775. The molecule has 0 spiro atoms.